The molecule has 2 amide bonds. The molecule has 1 fully saturated rings. The summed E-state index contributed by atoms with van der Waals surface area (Å²) in [6.07, 6.45) is 4.19. The van der Waals surface area contributed by atoms with Gasteiger partial charge in [0.25, 0.3) is 0 Å². The van der Waals surface area contributed by atoms with Crippen molar-refractivity contribution in [3.8, 4) is 38.6 Å². The molecular weight excluding hydrogens is 851 g/mol. The molecule has 0 bridgehead atoms. The largest absolute Gasteiger partial charge is 0.507 e. The highest BCUT2D eigenvalue weighted by atomic mass is 32.1. The summed E-state index contributed by atoms with van der Waals surface area (Å²) < 4.78 is 24.6. The van der Waals surface area contributed by atoms with Crippen molar-refractivity contribution in [2.75, 3.05) is 51.9 Å². The molecule has 5 N–H and O–H groups in total. The first-order chi connectivity index (χ1) is 31.5. The molecule has 0 unspecified atom stereocenters. The average molecular weight is 908 g/mol. The molecule has 4 aromatic heterocycles. The number of phenols is 1. The fourth-order valence-corrected chi connectivity index (χ4v) is 8.65. The lowest BCUT2D eigenvalue weighted by Crippen LogP contribution is -2.48. The van der Waals surface area contributed by atoms with Crippen molar-refractivity contribution in [2.24, 2.45) is 5.92 Å². The van der Waals surface area contributed by atoms with E-state index in [-0.39, 0.29) is 48.3 Å². The number of benzene rings is 2. The molecule has 18 heteroatoms. The minimum atomic E-state index is -0.815. The monoisotopic (exact) mass is 907 g/mol. The molecule has 344 valence electrons. The molecule has 0 aliphatic carbocycles. The van der Waals surface area contributed by atoms with E-state index in [0.29, 0.717) is 87.3 Å². The van der Waals surface area contributed by atoms with E-state index in [1.54, 1.807) is 52.5 Å². The number of likely N-dealkylation sites (tertiary alicyclic amines) is 1. The number of rotatable bonds is 22. The van der Waals surface area contributed by atoms with Crippen LogP contribution in [-0.4, -0.2) is 115 Å². The number of nitrogens with one attached hydrogen (secondary N) is 1. The number of aromatic hydroxyl groups is 1. The summed E-state index contributed by atoms with van der Waals surface area (Å²) in [5.41, 5.74) is 14.1. The summed E-state index contributed by atoms with van der Waals surface area (Å²) in [5, 5.41) is 40.8. The number of amides is 2. The number of para-hydroxylation sites is 1. The van der Waals surface area contributed by atoms with Crippen LogP contribution in [0.2, 0.25) is 0 Å². The summed E-state index contributed by atoms with van der Waals surface area (Å²) >= 11 is 1.59. The van der Waals surface area contributed by atoms with Gasteiger partial charge in [-0.05, 0) is 61.9 Å². The highest BCUT2D eigenvalue weighted by molar-refractivity contribution is 7.13. The minimum Gasteiger partial charge on any atom is -0.507 e. The molecular formula is C47H57N9O8S. The number of nitrogens with two attached hydrogens (primary N) is 1. The van der Waals surface area contributed by atoms with E-state index in [1.165, 1.54) is 4.90 Å². The topological polar surface area (TPSA) is 226 Å². The number of aliphatic hydroxyl groups is 1. The fourth-order valence-electron chi connectivity index (χ4n) is 7.84. The predicted octanol–water partition coefficient (Wildman–Crippen LogP) is 5.98. The molecule has 0 saturated carbocycles. The Morgan fingerprint density at radius 1 is 0.954 bits per heavy atom. The van der Waals surface area contributed by atoms with Gasteiger partial charge in [-0.15, -0.1) is 21.5 Å². The SMILES string of the molecule is Cc1ncsc1-c1ccc([C@H](C)NC(=O)[C@@H]2C[C@@H](O)CN2C(=O)[C@H](c2cc(CCCOCCOCCOCCn3cc(-c4cc(-c5ccccc5O)nnc4N)cn3)no2)C(C)C)cc1. The number of phenolic OH excluding ortho intramolecular Hbond substituents is 1. The Hall–Kier alpha value is -6.05. The number of nitrogens with zero attached hydrogens (tertiary/aromatic N) is 7. The molecule has 17 nitrogen and oxygen atoms in total. The van der Waals surface area contributed by atoms with Gasteiger partial charge in [0.15, 0.2) is 5.82 Å². The molecule has 4 atom stereocenters. The number of thiazole rings is 1. The molecule has 1 saturated heterocycles. The van der Waals surface area contributed by atoms with E-state index in [4.69, 9.17) is 24.5 Å². The van der Waals surface area contributed by atoms with E-state index in [1.807, 2.05) is 69.7 Å². The summed E-state index contributed by atoms with van der Waals surface area (Å²) in [4.78, 5) is 34.7. The van der Waals surface area contributed by atoms with Gasteiger partial charge in [-0.25, -0.2) is 4.98 Å². The second-order valence-electron chi connectivity index (χ2n) is 16.4. The van der Waals surface area contributed by atoms with E-state index < -0.39 is 18.1 Å². The summed E-state index contributed by atoms with van der Waals surface area (Å²) in [6.45, 7) is 11.0. The van der Waals surface area contributed by atoms with Crippen molar-refractivity contribution in [1.29, 1.82) is 0 Å². The Balaban J connectivity index is 0.779. The molecule has 5 heterocycles. The number of ether oxygens (including phenoxy) is 3. The van der Waals surface area contributed by atoms with Gasteiger partial charge in [-0.2, -0.15) is 5.10 Å². The number of aliphatic hydroxyl groups excluding tert-OH is 1. The van der Waals surface area contributed by atoms with Crippen LogP contribution in [0.4, 0.5) is 5.82 Å². The number of hydrogen-bond donors (Lipinski definition) is 4. The zero-order valence-electron chi connectivity index (χ0n) is 37.1. The molecule has 7 rings (SSSR count). The standard InChI is InChI=1S/C47H57N9O8S/c1-29(2)43(47(60)56-27-36(57)23-40(56)46(59)51-30(3)32-11-13-33(14-12-32)44-31(4)49-28-65-44)42-22-35(54-64-42)8-7-16-61-18-20-63-21-19-62-17-15-55-26-34(25-50-55)38-24-39(52-53-45(38)48)37-9-5-6-10-41(37)58/h5-6,9-14,22,24-26,28-30,36,40,43,57-58H,7-8,15-21,23,27H2,1-4H3,(H2,48,53)(H,51,59)/t30-,36+,40-,43-/m0/s1. The first kappa shape index (κ1) is 46.9. The zero-order chi connectivity index (χ0) is 45.9. The lowest BCUT2D eigenvalue weighted by atomic mass is 9.91. The van der Waals surface area contributed by atoms with Crippen LogP contribution in [0.3, 0.4) is 0 Å². The van der Waals surface area contributed by atoms with Crippen molar-refractivity contribution in [3.63, 3.8) is 0 Å². The number of β-amino-alcohol motifs (C(OH)–C–C–N with tert-alkyl or cyclic N) is 1. The first-order valence-corrected chi connectivity index (χ1v) is 22.8. The molecule has 65 heavy (non-hydrogen) atoms. The molecule has 1 aliphatic rings. The Labute approximate surface area is 381 Å². The van der Waals surface area contributed by atoms with Gasteiger partial charge in [0.2, 0.25) is 11.8 Å². The summed E-state index contributed by atoms with van der Waals surface area (Å²) in [6, 6.07) is 17.4. The number of nitrogen functional groups attached to an aromatic ring is 1. The van der Waals surface area contributed by atoms with Crippen molar-refractivity contribution in [1.82, 2.24) is 40.3 Å². The number of carbonyl (C=O) groups is 2. The van der Waals surface area contributed by atoms with Crippen LogP contribution in [0.5, 0.6) is 5.75 Å². The third kappa shape index (κ3) is 12.0. The maximum atomic E-state index is 14.1. The first-order valence-electron chi connectivity index (χ1n) is 21.9. The van der Waals surface area contributed by atoms with Crippen LogP contribution >= 0.6 is 11.3 Å². The van der Waals surface area contributed by atoms with Crippen LogP contribution < -0.4 is 11.1 Å². The Morgan fingerprint density at radius 3 is 2.42 bits per heavy atom. The normalized spacial score (nSPS) is 16.0. The zero-order valence-corrected chi connectivity index (χ0v) is 37.9. The number of aryl methyl sites for hydroxylation is 2. The minimum absolute atomic E-state index is 0.0635. The number of carbonyl (C=O) groups excluding carboxylic acids is 2. The summed E-state index contributed by atoms with van der Waals surface area (Å²) in [5.74, 6) is -0.593. The van der Waals surface area contributed by atoms with Crippen LogP contribution in [0.1, 0.15) is 68.3 Å². The highest BCUT2D eigenvalue weighted by Crippen LogP contribution is 2.34. The van der Waals surface area contributed by atoms with Gasteiger partial charge in [0.1, 0.15) is 23.5 Å². The highest BCUT2D eigenvalue weighted by Gasteiger charge is 2.43. The van der Waals surface area contributed by atoms with Crippen LogP contribution in [0, 0.1) is 12.8 Å². The van der Waals surface area contributed by atoms with Gasteiger partial charge >= 0.3 is 0 Å². The molecule has 0 spiro atoms. The molecule has 2 aromatic carbocycles. The lowest BCUT2D eigenvalue weighted by molar-refractivity contribution is -0.141. The smallest absolute Gasteiger partial charge is 0.243 e. The predicted molar refractivity (Wildman–Crippen MR) is 245 cm³/mol. The van der Waals surface area contributed by atoms with Gasteiger partial charge in [0.05, 0.1) is 85.4 Å². The van der Waals surface area contributed by atoms with Crippen LogP contribution in [0.25, 0.3) is 32.8 Å². The Kier molecular flexibility index (Phi) is 16.0. The number of aromatic nitrogens is 6. The third-order valence-corrected chi connectivity index (χ3v) is 12.3. The van der Waals surface area contributed by atoms with Crippen LogP contribution in [0.15, 0.2) is 83.1 Å². The second-order valence-corrected chi connectivity index (χ2v) is 17.3. The van der Waals surface area contributed by atoms with Gasteiger partial charge in [-0.3, -0.25) is 14.3 Å². The van der Waals surface area contributed by atoms with E-state index >= 15 is 0 Å². The average Bonchev–Trinajstić information content (AvgIpc) is 4.13. The Morgan fingerprint density at radius 2 is 1.69 bits per heavy atom. The molecule has 0 radical (unpaired) electrons. The lowest BCUT2D eigenvalue weighted by Gasteiger charge is -2.29. The fraction of sp³-hybridized carbons (Fsp3) is 0.426. The third-order valence-electron chi connectivity index (χ3n) is 11.3. The van der Waals surface area contributed by atoms with Gasteiger partial charge in [-0.1, -0.05) is 55.4 Å². The maximum Gasteiger partial charge on any atom is 0.243 e. The van der Waals surface area contributed by atoms with Crippen molar-refractivity contribution >= 4 is 29.0 Å². The maximum absolute atomic E-state index is 14.1. The van der Waals surface area contributed by atoms with E-state index in [2.05, 4.69) is 30.8 Å². The van der Waals surface area contributed by atoms with Crippen molar-refractivity contribution in [2.45, 2.75) is 77.6 Å². The summed E-state index contributed by atoms with van der Waals surface area (Å²) in [7, 11) is 0. The quantitative estimate of drug-likeness (QED) is 0.0576. The molecule has 6 aromatic rings. The van der Waals surface area contributed by atoms with Crippen LogP contribution in [-0.2, 0) is 36.8 Å². The van der Waals surface area contributed by atoms with Gasteiger partial charge in [0, 0.05) is 48.5 Å². The van der Waals surface area contributed by atoms with E-state index in [0.717, 1.165) is 27.3 Å². The van der Waals surface area contributed by atoms with E-state index in [9.17, 15) is 19.8 Å². The number of anilines is 1. The van der Waals surface area contributed by atoms with Gasteiger partial charge < -0.3 is 44.9 Å². The second kappa shape index (κ2) is 22.2. The number of hydrogen-bond acceptors (Lipinski definition) is 15. The Bertz CT molecular complexity index is 2490. The van der Waals surface area contributed by atoms with Crippen molar-refractivity contribution < 1.29 is 38.5 Å². The van der Waals surface area contributed by atoms with Crippen molar-refractivity contribution in [3.05, 3.63) is 101 Å². The molecule has 1 aliphatic heterocycles.